The van der Waals surface area contributed by atoms with Gasteiger partial charge < -0.3 is 30.5 Å². The van der Waals surface area contributed by atoms with Crippen LogP contribution >= 0.6 is 23.2 Å². The van der Waals surface area contributed by atoms with E-state index in [1.54, 1.807) is 14.2 Å². The Hall–Kier alpha value is -4.35. The lowest BCUT2D eigenvalue weighted by Gasteiger charge is -2.46. The number of likely N-dealkylation sites (tertiary alicyclic amines) is 1. The molecular weight excluding hydrogens is 749 g/mol. The number of hydrogen-bond acceptors (Lipinski definition) is 8. The first-order valence-electron chi connectivity index (χ1n) is 19.8. The predicted molar refractivity (Wildman–Crippen MR) is 220 cm³/mol. The number of aliphatic carboxylic acids is 1. The molecule has 3 heterocycles. The molecule has 4 N–H and O–H groups in total. The van der Waals surface area contributed by atoms with Crippen molar-refractivity contribution in [2.45, 2.75) is 82.6 Å². The second-order valence-electron chi connectivity index (χ2n) is 15.7. The maximum atomic E-state index is 12.1. The van der Waals surface area contributed by atoms with Crippen molar-refractivity contribution in [1.82, 2.24) is 20.5 Å². The van der Waals surface area contributed by atoms with Gasteiger partial charge in [-0.25, -0.2) is 4.98 Å². The number of carboxylic acids is 1. The van der Waals surface area contributed by atoms with Crippen LogP contribution < -0.4 is 25.4 Å². The van der Waals surface area contributed by atoms with Crippen molar-refractivity contribution < 1.29 is 24.2 Å². The van der Waals surface area contributed by atoms with E-state index in [-0.39, 0.29) is 29.8 Å². The molecule has 0 radical (unpaired) electrons. The van der Waals surface area contributed by atoms with E-state index in [0.29, 0.717) is 54.6 Å². The molecule has 4 aromatic rings. The molecule has 2 saturated heterocycles. The van der Waals surface area contributed by atoms with Gasteiger partial charge in [-0.05, 0) is 73.3 Å². The molecule has 1 saturated carbocycles. The second kappa shape index (κ2) is 16.6. The third-order valence-electron chi connectivity index (χ3n) is 12.4. The van der Waals surface area contributed by atoms with Gasteiger partial charge in [-0.3, -0.25) is 14.5 Å². The smallest absolute Gasteiger partial charge is 0.308 e. The summed E-state index contributed by atoms with van der Waals surface area (Å²) >= 11 is 14.2. The number of piperidine rings is 1. The number of aromatic nitrogens is 1. The van der Waals surface area contributed by atoms with E-state index in [9.17, 15) is 14.7 Å². The zero-order chi connectivity index (χ0) is 38.9. The average Bonchev–Trinajstić information content (AvgIpc) is 3.82. The molecule has 0 spiro atoms. The van der Waals surface area contributed by atoms with Gasteiger partial charge in [-0.15, -0.1) is 0 Å². The minimum atomic E-state index is -0.694. The number of anilines is 1. The Morgan fingerprint density at radius 2 is 1.79 bits per heavy atom. The summed E-state index contributed by atoms with van der Waals surface area (Å²) < 4.78 is 11.6. The number of nitrogens with zero attached hydrogens (tertiary/aromatic N) is 2. The fourth-order valence-corrected chi connectivity index (χ4v) is 10.0. The Balaban J connectivity index is 0.992. The van der Waals surface area contributed by atoms with Crippen molar-refractivity contribution in [1.29, 1.82) is 0 Å². The first-order valence-corrected chi connectivity index (χ1v) is 20.5. The lowest BCUT2D eigenvalue weighted by molar-refractivity contribution is -0.148. The number of methoxy groups -OCH3 is 2. The Kier molecular flexibility index (Phi) is 11.4. The van der Waals surface area contributed by atoms with Crippen LogP contribution in [0.3, 0.4) is 0 Å². The van der Waals surface area contributed by atoms with Crippen LogP contribution in [0.1, 0.15) is 73.2 Å². The zero-order valence-electron chi connectivity index (χ0n) is 31.9. The molecule has 1 aromatic heterocycles. The fraction of sp³-hybridized carbons (Fsp3) is 0.432. The highest BCUT2D eigenvalue weighted by atomic mass is 35.5. The lowest BCUT2D eigenvalue weighted by atomic mass is 9.73. The maximum Gasteiger partial charge on any atom is 0.308 e. The standard InChI is InChI=1S/C44H49Cl2N5O5/c1-55-40-20-39(36(45)19-27(40)23-51-24-35(44(53)54)25-6-3-7-29(51)18-25)49-37-16-14-31-30(8-4-9-32(31)37)33-10-5-11-34(42(33)46)38-15-12-26(43(50-38)56-2)21-47-22-28-13-17-41(52)48-28/h4-5,8-12,15,19-20,25,28-29,35,37,47,49H,3,6-7,13-14,16-18,21-24H2,1-2H3,(H,48,52)(H,53,54)/t25?,28-,29?,35?,37-/m0/s1. The summed E-state index contributed by atoms with van der Waals surface area (Å²) in [5.74, 6) is 0.617. The van der Waals surface area contributed by atoms with Crippen LogP contribution in [0.4, 0.5) is 5.69 Å². The van der Waals surface area contributed by atoms with E-state index in [1.807, 2.05) is 36.4 Å². The molecule has 1 amide bonds. The van der Waals surface area contributed by atoms with Crippen LogP contribution in [-0.2, 0) is 29.1 Å². The van der Waals surface area contributed by atoms with Gasteiger partial charge >= 0.3 is 5.97 Å². The number of carbonyl (C=O) groups is 2. The van der Waals surface area contributed by atoms with Crippen molar-refractivity contribution in [3.05, 3.63) is 93.0 Å². The molecule has 5 atom stereocenters. The number of benzene rings is 3. The number of carbonyl (C=O) groups excluding carboxylic acids is 1. The minimum Gasteiger partial charge on any atom is -0.496 e. The molecule has 3 fully saturated rings. The lowest BCUT2D eigenvalue weighted by Crippen LogP contribution is -2.51. The molecule has 2 aliphatic heterocycles. The number of carboxylic acid groups (broad SMARTS) is 1. The highest BCUT2D eigenvalue weighted by molar-refractivity contribution is 6.36. The maximum absolute atomic E-state index is 12.1. The summed E-state index contributed by atoms with van der Waals surface area (Å²) in [5, 5.41) is 21.3. The van der Waals surface area contributed by atoms with Crippen LogP contribution in [0.2, 0.25) is 10.0 Å². The minimum absolute atomic E-state index is 0.0366. The van der Waals surface area contributed by atoms with E-state index in [2.05, 4.69) is 45.1 Å². The SMILES string of the molecule is COc1cc(N[C@H]2CCc3c(-c4cccc(-c5ccc(CNC[C@@H]6CCC(=O)N6)c(OC)n5)c4Cl)cccc32)c(Cl)cc1CN1CC(C(=O)O)C2CCCC1C2. The molecule has 4 aliphatic rings. The number of halogens is 2. The Labute approximate surface area is 338 Å². The number of pyridine rings is 1. The number of nitrogens with one attached hydrogen (secondary N) is 3. The average molecular weight is 799 g/mol. The Morgan fingerprint density at radius 1 is 0.964 bits per heavy atom. The van der Waals surface area contributed by atoms with E-state index in [0.717, 1.165) is 89.9 Å². The summed E-state index contributed by atoms with van der Waals surface area (Å²) in [7, 11) is 3.30. The summed E-state index contributed by atoms with van der Waals surface area (Å²) in [4.78, 5) is 30.9. The third kappa shape index (κ3) is 7.81. The third-order valence-corrected chi connectivity index (χ3v) is 13.1. The number of fused-ring (bicyclic) bond motifs is 3. The quantitative estimate of drug-likeness (QED) is 0.106. The molecule has 2 bridgehead atoms. The molecule has 56 heavy (non-hydrogen) atoms. The number of amides is 1. The number of rotatable bonds is 13. The molecule has 294 valence electrons. The normalized spacial score (nSPS) is 23.1. The van der Waals surface area contributed by atoms with Gasteiger partial charge in [0.25, 0.3) is 0 Å². The summed E-state index contributed by atoms with van der Waals surface area (Å²) in [6.45, 7) is 2.41. The molecule has 10 nitrogen and oxygen atoms in total. The fourth-order valence-electron chi connectivity index (χ4n) is 9.48. The second-order valence-corrected chi connectivity index (χ2v) is 16.5. The summed E-state index contributed by atoms with van der Waals surface area (Å²) in [6, 6.07) is 21.0. The van der Waals surface area contributed by atoms with Gasteiger partial charge in [-0.1, -0.05) is 72.1 Å². The van der Waals surface area contributed by atoms with E-state index in [4.69, 9.17) is 37.7 Å². The van der Waals surface area contributed by atoms with Gasteiger partial charge in [0.15, 0.2) is 0 Å². The van der Waals surface area contributed by atoms with E-state index >= 15 is 0 Å². The van der Waals surface area contributed by atoms with Gasteiger partial charge in [0.05, 0.1) is 47.6 Å². The van der Waals surface area contributed by atoms with Gasteiger partial charge in [0.1, 0.15) is 5.75 Å². The molecule has 12 heteroatoms. The van der Waals surface area contributed by atoms with Gasteiger partial charge in [0, 0.05) is 73.0 Å². The van der Waals surface area contributed by atoms with Crippen molar-refractivity contribution in [3.8, 4) is 34.0 Å². The molecule has 3 aromatic carbocycles. The Bertz CT molecular complexity index is 2130. The van der Waals surface area contributed by atoms with Crippen molar-refractivity contribution in [3.63, 3.8) is 0 Å². The van der Waals surface area contributed by atoms with Crippen LogP contribution in [-0.4, -0.2) is 66.3 Å². The molecular formula is C44H49Cl2N5O5. The van der Waals surface area contributed by atoms with Crippen LogP contribution in [0.5, 0.6) is 11.6 Å². The van der Waals surface area contributed by atoms with Crippen molar-refractivity contribution in [2.75, 3.05) is 32.6 Å². The Morgan fingerprint density at radius 3 is 2.57 bits per heavy atom. The van der Waals surface area contributed by atoms with Gasteiger partial charge in [0.2, 0.25) is 11.8 Å². The number of hydrogen-bond donors (Lipinski definition) is 4. The first kappa shape index (κ1) is 38.5. The van der Waals surface area contributed by atoms with E-state index < -0.39 is 5.97 Å². The topological polar surface area (TPSA) is 125 Å². The van der Waals surface area contributed by atoms with Crippen LogP contribution in [0, 0.1) is 11.8 Å². The monoisotopic (exact) mass is 797 g/mol. The predicted octanol–water partition coefficient (Wildman–Crippen LogP) is 8.28. The van der Waals surface area contributed by atoms with Crippen molar-refractivity contribution in [2.24, 2.45) is 11.8 Å². The highest BCUT2D eigenvalue weighted by Gasteiger charge is 2.41. The van der Waals surface area contributed by atoms with Gasteiger partial charge in [-0.2, -0.15) is 0 Å². The van der Waals surface area contributed by atoms with Crippen molar-refractivity contribution >= 4 is 40.8 Å². The highest BCUT2D eigenvalue weighted by Crippen LogP contribution is 2.45. The molecule has 3 unspecified atom stereocenters. The molecule has 2 aliphatic carbocycles. The summed E-state index contributed by atoms with van der Waals surface area (Å²) in [6.07, 6.45) is 7.29. The molecule has 8 rings (SSSR count). The van der Waals surface area contributed by atoms with E-state index in [1.165, 1.54) is 11.1 Å². The largest absolute Gasteiger partial charge is 0.496 e. The van der Waals surface area contributed by atoms with Crippen LogP contribution in [0.15, 0.2) is 60.7 Å². The number of ether oxygens (including phenoxy) is 2. The van der Waals surface area contributed by atoms with Crippen LogP contribution in [0.25, 0.3) is 22.4 Å². The first-order chi connectivity index (χ1) is 27.2. The summed E-state index contributed by atoms with van der Waals surface area (Å²) in [5.41, 5.74) is 8.75. The zero-order valence-corrected chi connectivity index (χ0v) is 33.4.